The van der Waals surface area contributed by atoms with Gasteiger partial charge in [0.2, 0.25) is 0 Å². The first-order valence-electron chi connectivity index (χ1n) is 7.59. The maximum absolute atomic E-state index is 5.71. The summed E-state index contributed by atoms with van der Waals surface area (Å²) in [6.07, 6.45) is 0.891. The maximum Gasteiger partial charge on any atom is 0.118 e. The summed E-state index contributed by atoms with van der Waals surface area (Å²) in [5.74, 6) is 1.90. The number of ether oxygens (including phenoxy) is 3. The zero-order valence-corrected chi connectivity index (χ0v) is 13.7. The minimum atomic E-state index is 0.452. The summed E-state index contributed by atoms with van der Waals surface area (Å²) in [6.45, 7) is 10.2. The lowest BCUT2D eigenvalue weighted by atomic mass is 10.2. The highest BCUT2D eigenvalue weighted by Gasteiger charge is 2.07. The molecule has 5 nitrogen and oxygen atoms in total. The van der Waals surface area contributed by atoms with Crippen LogP contribution in [0.2, 0.25) is 0 Å². The Balaban J connectivity index is 2.14. The number of hydrogen-bond acceptors (Lipinski definition) is 5. The van der Waals surface area contributed by atoms with Gasteiger partial charge in [-0.05, 0) is 19.4 Å². The molecule has 1 heterocycles. The molecule has 0 amide bonds. The van der Waals surface area contributed by atoms with Crippen molar-refractivity contribution in [3.05, 3.63) is 23.2 Å². The van der Waals surface area contributed by atoms with Crippen LogP contribution in [-0.4, -0.2) is 39.6 Å². The first kappa shape index (κ1) is 18.2. The molecule has 0 aliphatic carbocycles. The lowest BCUT2D eigenvalue weighted by Crippen LogP contribution is -2.21. The molecule has 0 spiro atoms. The van der Waals surface area contributed by atoms with E-state index in [0.717, 1.165) is 30.0 Å². The van der Waals surface area contributed by atoms with Crippen LogP contribution in [0.15, 0.2) is 10.5 Å². The zero-order chi connectivity index (χ0) is 15.5. The second-order valence-electron chi connectivity index (χ2n) is 5.34. The molecule has 0 aromatic carbocycles. The van der Waals surface area contributed by atoms with Gasteiger partial charge in [0.05, 0.1) is 26.4 Å². The van der Waals surface area contributed by atoms with E-state index in [1.165, 1.54) is 0 Å². The highest BCUT2D eigenvalue weighted by molar-refractivity contribution is 5.19. The molecule has 1 aromatic heterocycles. The predicted octanol–water partition coefficient (Wildman–Crippen LogP) is 2.66. The number of aryl methyl sites for hydroxylation is 1. The second kappa shape index (κ2) is 10.8. The summed E-state index contributed by atoms with van der Waals surface area (Å²) in [5.41, 5.74) is 1.12. The Kier molecular flexibility index (Phi) is 9.34. The lowest BCUT2D eigenvalue weighted by molar-refractivity contribution is 0.0482. The second-order valence-corrected chi connectivity index (χ2v) is 5.34. The average Bonchev–Trinajstić information content (AvgIpc) is 2.80. The fraction of sp³-hybridized carbons (Fsp3) is 0.750. The van der Waals surface area contributed by atoms with Gasteiger partial charge in [0.25, 0.3) is 0 Å². The third kappa shape index (κ3) is 8.21. The van der Waals surface area contributed by atoms with E-state index in [9.17, 15) is 0 Å². The van der Waals surface area contributed by atoms with Crippen LogP contribution in [0.25, 0.3) is 0 Å². The molecule has 122 valence electrons. The van der Waals surface area contributed by atoms with Crippen LogP contribution in [0.3, 0.4) is 0 Å². The first-order valence-corrected chi connectivity index (χ1v) is 7.59. The van der Waals surface area contributed by atoms with E-state index in [2.05, 4.69) is 25.2 Å². The summed E-state index contributed by atoms with van der Waals surface area (Å²) in [5, 5.41) is 3.34. The number of nitrogens with one attached hydrogen (secondary N) is 1. The van der Waals surface area contributed by atoms with Crippen LogP contribution in [0.4, 0.5) is 0 Å². The summed E-state index contributed by atoms with van der Waals surface area (Å²) in [6, 6.07) is 2.52. The molecule has 5 heteroatoms. The van der Waals surface area contributed by atoms with Gasteiger partial charge in [0, 0.05) is 31.9 Å². The number of furan rings is 1. The molecule has 0 saturated carbocycles. The molecule has 1 rings (SSSR count). The molecule has 0 fully saturated rings. The van der Waals surface area contributed by atoms with E-state index in [4.69, 9.17) is 18.6 Å². The monoisotopic (exact) mass is 299 g/mol. The third-order valence-corrected chi connectivity index (χ3v) is 3.02. The van der Waals surface area contributed by atoms with E-state index < -0.39 is 0 Å². The van der Waals surface area contributed by atoms with E-state index in [-0.39, 0.29) is 0 Å². The van der Waals surface area contributed by atoms with Crippen LogP contribution < -0.4 is 5.32 Å². The van der Waals surface area contributed by atoms with Gasteiger partial charge in [-0.25, -0.2) is 0 Å². The van der Waals surface area contributed by atoms with Gasteiger partial charge in [-0.15, -0.1) is 0 Å². The van der Waals surface area contributed by atoms with Crippen LogP contribution in [-0.2, 0) is 27.4 Å². The van der Waals surface area contributed by atoms with Gasteiger partial charge in [-0.2, -0.15) is 0 Å². The zero-order valence-electron chi connectivity index (χ0n) is 13.7. The molecule has 1 aromatic rings. The Hall–Kier alpha value is -0.880. The topological polar surface area (TPSA) is 52.9 Å². The Morgan fingerprint density at radius 1 is 1.14 bits per heavy atom. The molecule has 1 N–H and O–H groups in total. The van der Waals surface area contributed by atoms with Crippen molar-refractivity contribution < 1.29 is 18.6 Å². The predicted molar refractivity (Wildman–Crippen MR) is 82.4 cm³/mol. The van der Waals surface area contributed by atoms with Crippen LogP contribution in [0, 0.1) is 6.92 Å². The van der Waals surface area contributed by atoms with Crippen LogP contribution in [0.5, 0.6) is 0 Å². The molecular weight excluding hydrogens is 270 g/mol. The van der Waals surface area contributed by atoms with Crippen molar-refractivity contribution in [2.75, 3.05) is 33.5 Å². The van der Waals surface area contributed by atoms with Gasteiger partial charge in [0.1, 0.15) is 11.5 Å². The first-order chi connectivity index (χ1) is 10.1. The summed E-state index contributed by atoms with van der Waals surface area (Å²) >= 11 is 0. The minimum absolute atomic E-state index is 0.452. The van der Waals surface area contributed by atoms with Crippen molar-refractivity contribution >= 4 is 0 Å². The van der Waals surface area contributed by atoms with Crippen molar-refractivity contribution in [2.45, 2.75) is 46.4 Å². The van der Waals surface area contributed by atoms with E-state index in [1.54, 1.807) is 7.11 Å². The van der Waals surface area contributed by atoms with Gasteiger partial charge >= 0.3 is 0 Å². The summed E-state index contributed by atoms with van der Waals surface area (Å²) in [4.78, 5) is 0. The van der Waals surface area contributed by atoms with Crippen LogP contribution in [0.1, 0.15) is 37.4 Å². The fourth-order valence-corrected chi connectivity index (χ4v) is 1.81. The standard InChI is InChI=1S/C16H29NO4/c1-13(2)17-11-16-10-15(14(3)21-16)12-20-7-5-6-19-9-8-18-4/h10,13,17H,5-9,11-12H2,1-4H3. The number of rotatable bonds is 12. The van der Waals surface area contributed by atoms with Gasteiger partial charge in [-0.3, -0.25) is 0 Å². The SMILES string of the molecule is COCCOCCCOCc1cc(CNC(C)C)oc1C. The molecule has 21 heavy (non-hydrogen) atoms. The smallest absolute Gasteiger partial charge is 0.118 e. The van der Waals surface area contributed by atoms with E-state index in [0.29, 0.717) is 39.1 Å². The van der Waals surface area contributed by atoms with Crippen LogP contribution >= 0.6 is 0 Å². The molecule has 0 atom stereocenters. The fourth-order valence-electron chi connectivity index (χ4n) is 1.81. The highest BCUT2D eigenvalue weighted by Crippen LogP contribution is 2.15. The lowest BCUT2D eigenvalue weighted by Gasteiger charge is -2.05. The highest BCUT2D eigenvalue weighted by atomic mass is 16.5. The van der Waals surface area contributed by atoms with Crippen molar-refractivity contribution in [1.82, 2.24) is 5.32 Å². The Morgan fingerprint density at radius 2 is 1.90 bits per heavy atom. The molecule has 0 bridgehead atoms. The Morgan fingerprint density at radius 3 is 2.62 bits per heavy atom. The average molecular weight is 299 g/mol. The molecule has 0 aliphatic heterocycles. The van der Waals surface area contributed by atoms with E-state index >= 15 is 0 Å². The van der Waals surface area contributed by atoms with Crippen molar-refractivity contribution in [2.24, 2.45) is 0 Å². The Bertz CT molecular complexity index is 376. The van der Waals surface area contributed by atoms with Gasteiger partial charge < -0.3 is 23.9 Å². The van der Waals surface area contributed by atoms with E-state index in [1.807, 2.05) is 6.92 Å². The minimum Gasteiger partial charge on any atom is -0.465 e. The third-order valence-electron chi connectivity index (χ3n) is 3.02. The largest absolute Gasteiger partial charge is 0.465 e. The number of methoxy groups -OCH3 is 1. The summed E-state index contributed by atoms with van der Waals surface area (Å²) < 4.78 is 21.6. The quantitative estimate of drug-likeness (QED) is 0.601. The van der Waals surface area contributed by atoms with Crippen molar-refractivity contribution in [1.29, 1.82) is 0 Å². The molecule has 0 radical (unpaired) electrons. The molecule has 0 aliphatic rings. The number of hydrogen-bond donors (Lipinski definition) is 1. The maximum atomic E-state index is 5.71. The van der Waals surface area contributed by atoms with Gasteiger partial charge in [-0.1, -0.05) is 13.8 Å². The van der Waals surface area contributed by atoms with Gasteiger partial charge in [0.15, 0.2) is 0 Å². The Labute approximate surface area is 127 Å². The molecular formula is C16H29NO4. The molecule has 0 saturated heterocycles. The molecule has 0 unspecified atom stereocenters. The van der Waals surface area contributed by atoms with Crippen molar-refractivity contribution in [3.63, 3.8) is 0 Å². The normalized spacial score (nSPS) is 11.5. The van der Waals surface area contributed by atoms with Crippen molar-refractivity contribution in [3.8, 4) is 0 Å². The summed E-state index contributed by atoms with van der Waals surface area (Å²) in [7, 11) is 1.67.